The number of fused-ring (bicyclic) bond motifs is 1. The van der Waals surface area contributed by atoms with Crippen LogP contribution >= 0.6 is 0 Å². The normalized spacial score (nSPS) is 19.4. The van der Waals surface area contributed by atoms with Crippen molar-refractivity contribution < 1.29 is 14.3 Å². The van der Waals surface area contributed by atoms with Crippen LogP contribution in [0.25, 0.3) is 10.9 Å². The third-order valence-electron chi connectivity index (χ3n) is 5.51. The second-order valence-electron chi connectivity index (χ2n) is 8.62. The van der Waals surface area contributed by atoms with Crippen LogP contribution in [0.2, 0.25) is 0 Å². The quantitative estimate of drug-likeness (QED) is 0.825. The van der Waals surface area contributed by atoms with E-state index in [9.17, 15) is 9.59 Å². The standard InChI is InChI=1S/C23H31N3O3/c1-5-23(13-8-16-26(23)21(28)29-22(2,3)4)20(27)25-15-12-18-10-6-9-17-11-7-14-24-19(17)18/h6-7,9-11,14H,5,8,12-13,15-16H2,1-4H3,(H,25,27)/t23-/m1/s1. The highest BCUT2D eigenvalue weighted by Crippen LogP contribution is 2.34. The number of pyridine rings is 1. The number of para-hydroxylation sites is 1. The lowest BCUT2D eigenvalue weighted by atomic mass is 9.91. The van der Waals surface area contributed by atoms with Crippen LogP contribution in [0.4, 0.5) is 4.79 Å². The van der Waals surface area contributed by atoms with E-state index in [2.05, 4.69) is 10.3 Å². The zero-order valence-corrected chi connectivity index (χ0v) is 17.8. The van der Waals surface area contributed by atoms with Gasteiger partial charge in [-0.2, -0.15) is 0 Å². The number of aromatic nitrogens is 1. The summed E-state index contributed by atoms with van der Waals surface area (Å²) in [7, 11) is 0. The molecule has 1 saturated heterocycles. The van der Waals surface area contributed by atoms with Crippen molar-refractivity contribution >= 4 is 22.9 Å². The Kier molecular flexibility index (Phi) is 6.10. The topological polar surface area (TPSA) is 71.5 Å². The van der Waals surface area contributed by atoms with Gasteiger partial charge in [0.25, 0.3) is 0 Å². The van der Waals surface area contributed by atoms with E-state index < -0.39 is 17.2 Å². The summed E-state index contributed by atoms with van der Waals surface area (Å²) in [6.07, 6.45) is 4.08. The van der Waals surface area contributed by atoms with E-state index in [1.807, 2.05) is 58.0 Å². The first-order chi connectivity index (χ1) is 13.8. The molecule has 0 bridgehead atoms. The average Bonchev–Trinajstić information content (AvgIpc) is 3.12. The summed E-state index contributed by atoms with van der Waals surface area (Å²) < 4.78 is 5.55. The van der Waals surface area contributed by atoms with E-state index in [1.165, 1.54) is 0 Å². The summed E-state index contributed by atoms with van der Waals surface area (Å²) in [5.74, 6) is -0.100. The van der Waals surface area contributed by atoms with Crippen molar-refractivity contribution in [1.29, 1.82) is 0 Å². The summed E-state index contributed by atoms with van der Waals surface area (Å²) in [6.45, 7) is 8.52. The van der Waals surface area contributed by atoms with Gasteiger partial charge in [0, 0.05) is 24.7 Å². The molecule has 6 nitrogen and oxygen atoms in total. The van der Waals surface area contributed by atoms with E-state index in [1.54, 1.807) is 11.1 Å². The fourth-order valence-electron chi connectivity index (χ4n) is 4.07. The largest absolute Gasteiger partial charge is 0.444 e. The minimum absolute atomic E-state index is 0.100. The smallest absolute Gasteiger partial charge is 0.411 e. The highest BCUT2D eigenvalue weighted by atomic mass is 16.6. The number of benzene rings is 1. The number of carbonyl (C=O) groups excluding carboxylic acids is 2. The third kappa shape index (κ3) is 4.52. The molecule has 6 heteroatoms. The molecule has 2 heterocycles. The summed E-state index contributed by atoms with van der Waals surface area (Å²) in [4.78, 5) is 31.9. The highest BCUT2D eigenvalue weighted by Gasteiger charge is 2.49. The molecule has 0 aliphatic carbocycles. The fraction of sp³-hybridized carbons (Fsp3) is 0.522. The Morgan fingerprint density at radius 1 is 1.24 bits per heavy atom. The van der Waals surface area contributed by atoms with Crippen LogP contribution < -0.4 is 5.32 Å². The molecule has 1 fully saturated rings. The van der Waals surface area contributed by atoms with Gasteiger partial charge in [0.05, 0.1) is 5.52 Å². The molecule has 156 valence electrons. The first-order valence-corrected chi connectivity index (χ1v) is 10.4. The maximum atomic E-state index is 13.2. The van der Waals surface area contributed by atoms with Gasteiger partial charge in [0.1, 0.15) is 11.1 Å². The lowest BCUT2D eigenvalue weighted by Crippen LogP contribution is -2.58. The van der Waals surface area contributed by atoms with Gasteiger partial charge in [-0.15, -0.1) is 0 Å². The van der Waals surface area contributed by atoms with Crippen molar-refractivity contribution in [2.75, 3.05) is 13.1 Å². The monoisotopic (exact) mass is 397 g/mol. The van der Waals surface area contributed by atoms with Crippen molar-refractivity contribution in [1.82, 2.24) is 15.2 Å². The number of hydrogen-bond donors (Lipinski definition) is 1. The summed E-state index contributed by atoms with van der Waals surface area (Å²) >= 11 is 0. The third-order valence-corrected chi connectivity index (χ3v) is 5.51. The maximum absolute atomic E-state index is 13.2. The van der Waals surface area contributed by atoms with Gasteiger partial charge in [0.2, 0.25) is 5.91 Å². The molecular weight excluding hydrogens is 366 g/mol. The number of ether oxygens (including phenoxy) is 1. The fourth-order valence-corrected chi connectivity index (χ4v) is 4.07. The van der Waals surface area contributed by atoms with Crippen LogP contribution in [0.1, 0.15) is 52.5 Å². The van der Waals surface area contributed by atoms with E-state index in [0.29, 0.717) is 32.4 Å². The van der Waals surface area contributed by atoms with Crippen LogP contribution in [-0.4, -0.2) is 46.1 Å². The Morgan fingerprint density at radius 2 is 2.00 bits per heavy atom. The minimum atomic E-state index is -0.834. The summed E-state index contributed by atoms with van der Waals surface area (Å²) in [5.41, 5.74) is 0.645. The predicted molar refractivity (Wildman–Crippen MR) is 114 cm³/mol. The Bertz CT molecular complexity index is 885. The second kappa shape index (κ2) is 8.39. The Balaban J connectivity index is 1.68. The van der Waals surface area contributed by atoms with Crippen molar-refractivity contribution in [2.45, 2.75) is 64.5 Å². The van der Waals surface area contributed by atoms with Gasteiger partial charge in [-0.25, -0.2) is 4.79 Å². The molecule has 1 aliphatic heterocycles. The molecule has 2 amide bonds. The Hall–Kier alpha value is -2.63. The highest BCUT2D eigenvalue weighted by molar-refractivity contribution is 5.90. The number of likely N-dealkylation sites (tertiary alicyclic amines) is 1. The van der Waals surface area contributed by atoms with E-state index in [4.69, 9.17) is 4.74 Å². The average molecular weight is 398 g/mol. The minimum Gasteiger partial charge on any atom is -0.444 e. The van der Waals surface area contributed by atoms with E-state index in [0.717, 1.165) is 22.9 Å². The van der Waals surface area contributed by atoms with Crippen molar-refractivity contribution in [3.05, 3.63) is 42.1 Å². The number of amides is 2. The van der Waals surface area contributed by atoms with Crippen LogP contribution in [0.3, 0.4) is 0 Å². The lowest BCUT2D eigenvalue weighted by Gasteiger charge is -2.37. The molecule has 1 atom stereocenters. The predicted octanol–water partition coefficient (Wildman–Crippen LogP) is 4.07. The number of nitrogens with zero attached hydrogens (tertiary/aromatic N) is 2. The number of carbonyl (C=O) groups is 2. The molecular formula is C23H31N3O3. The lowest BCUT2D eigenvalue weighted by molar-refractivity contribution is -0.132. The van der Waals surface area contributed by atoms with Gasteiger partial charge >= 0.3 is 6.09 Å². The number of rotatable bonds is 5. The molecule has 29 heavy (non-hydrogen) atoms. The first kappa shape index (κ1) is 21.1. The molecule has 0 unspecified atom stereocenters. The van der Waals surface area contributed by atoms with Gasteiger partial charge in [-0.3, -0.25) is 14.7 Å². The summed E-state index contributed by atoms with van der Waals surface area (Å²) in [6, 6.07) is 10.0. The Morgan fingerprint density at radius 3 is 2.72 bits per heavy atom. The molecule has 1 aromatic heterocycles. The van der Waals surface area contributed by atoms with E-state index in [-0.39, 0.29) is 5.91 Å². The molecule has 0 radical (unpaired) electrons. The molecule has 0 spiro atoms. The molecule has 0 saturated carbocycles. The van der Waals surface area contributed by atoms with Crippen molar-refractivity contribution in [3.63, 3.8) is 0 Å². The Labute approximate surface area is 172 Å². The first-order valence-electron chi connectivity index (χ1n) is 10.4. The van der Waals surface area contributed by atoms with E-state index >= 15 is 0 Å². The second-order valence-corrected chi connectivity index (χ2v) is 8.62. The van der Waals surface area contributed by atoms with Crippen LogP contribution in [0.15, 0.2) is 36.5 Å². The number of nitrogens with one attached hydrogen (secondary N) is 1. The number of hydrogen-bond acceptors (Lipinski definition) is 4. The zero-order chi connectivity index (χ0) is 21.1. The van der Waals surface area contributed by atoms with Crippen LogP contribution in [-0.2, 0) is 16.0 Å². The SMILES string of the molecule is CC[C@]1(C(=O)NCCc2cccc3cccnc23)CCCN1C(=O)OC(C)(C)C. The van der Waals surface area contributed by atoms with Crippen molar-refractivity contribution in [3.8, 4) is 0 Å². The van der Waals surface area contributed by atoms with Crippen LogP contribution in [0.5, 0.6) is 0 Å². The van der Waals surface area contributed by atoms with Crippen LogP contribution in [0, 0.1) is 0 Å². The molecule has 1 aromatic carbocycles. The molecule has 1 N–H and O–H groups in total. The van der Waals surface area contributed by atoms with Crippen molar-refractivity contribution in [2.24, 2.45) is 0 Å². The van der Waals surface area contributed by atoms with Gasteiger partial charge in [-0.05, 0) is 58.1 Å². The molecule has 2 aromatic rings. The molecule has 3 rings (SSSR count). The van der Waals surface area contributed by atoms with Gasteiger partial charge in [-0.1, -0.05) is 31.2 Å². The molecule has 1 aliphatic rings. The summed E-state index contributed by atoms with van der Waals surface area (Å²) in [5, 5.41) is 4.15. The van der Waals surface area contributed by atoms with Gasteiger partial charge in [0.15, 0.2) is 0 Å². The van der Waals surface area contributed by atoms with Gasteiger partial charge < -0.3 is 10.1 Å². The maximum Gasteiger partial charge on any atom is 0.411 e. The zero-order valence-electron chi connectivity index (χ0n) is 17.8.